The number of hydrogen-bond acceptors (Lipinski definition) is 6. The highest BCUT2D eigenvalue weighted by Crippen LogP contribution is 2.25. The van der Waals surface area contributed by atoms with Crippen LogP contribution in [0.1, 0.15) is 59.2 Å². The van der Waals surface area contributed by atoms with Gasteiger partial charge >= 0.3 is 5.97 Å². The van der Waals surface area contributed by atoms with Crippen molar-refractivity contribution < 1.29 is 19.1 Å². The van der Waals surface area contributed by atoms with Crippen LogP contribution < -0.4 is 10.3 Å². The zero-order valence-corrected chi connectivity index (χ0v) is 21.7. The third kappa shape index (κ3) is 6.31. The Kier molecular flexibility index (Phi) is 8.38. The van der Waals surface area contributed by atoms with Gasteiger partial charge in [-0.2, -0.15) is 0 Å². The van der Waals surface area contributed by atoms with Gasteiger partial charge in [-0.1, -0.05) is 32.9 Å². The van der Waals surface area contributed by atoms with Crippen LogP contribution in [0.3, 0.4) is 0 Å². The Balaban J connectivity index is 1.84. The van der Waals surface area contributed by atoms with Crippen LogP contribution in [0.25, 0.3) is 0 Å². The van der Waals surface area contributed by atoms with Gasteiger partial charge in [0.25, 0.3) is 11.5 Å². The summed E-state index contributed by atoms with van der Waals surface area (Å²) < 4.78 is 12.5. The maximum atomic E-state index is 13.2. The predicted molar refractivity (Wildman–Crippen MR) is 135 cm³/mol. The molecule has 0 N–H and O–H groups in total. The lowest BCUT2D eigenvalue weighted by Crippen LogP contribution is -2.34. The second-order valence-corrected chi connectivity index (χ2v) is 10.2. The molecule has 0 bridgehead atoms. The van der Waals surface area contributed by atoms with Crippen molar-refractivity contribution >= 4 is 11.9 Å². The smallest absolute Gasteiger partial charge is 0.343 e. The summed E-state index contributed by atoms with van der Waals surface area (Å²) in [6, 6.07) is 9.03. The SMILES string of the molecule is COC(=O)c1c(OCCCN(C)C)cc(=O)n2c1CCN(C(=O)c1ccc(C(C)(C)C)cc1)CC2. The number of hydrogen-bond donors (Lipinski definition) is 0. The van der Waals surface area contributed by atoms with Gasteiger partial charge in [-0.25, -0.2) is 4.79 Å². The summed E-state index contributed by atoms with van der Waals surface area (Å²) in [5.74, 6) is -0.399. The third-order valence-corrected chi connectivity index (χ3v) is 6.28. The van der Waals surface area contributed by atoms with E-state index in [1.165, 1.54) is 13.2 Å². The summed E-state index contributed by atoms with van der Waals surface area (Å²) in [5, 5.41) is 0. The minimum Gasteiger partial charge on any atom is -0.492 e. The number of nitrogens with zero attached hydrogens (tertiary/aromatic N) is 3. The minimum absolute atomic E-state index is 0.00349. The molecule has 0 atom stereocenters. The molecule has 1 aromatic heterocycles. The van der Waals surface area contributed by atoms with Crippen molar-refractivity contribution in [2.24, 2.45) is 0 Å². The Morgan fingerprint density at radius 2 is 1.74 bits per heavy atom. The fraction of sp³-hybridized carbons (Fsp3) is 0.519. The fourth-order valence-corrected chi connectivity index (χ4v) is 4.25. The molecule has 1 aliphatic heterocycles. The molecular weight excluding hydrogens is 446 g/mol. The van der Waals surface area contributed by atoms with Crippen LogP contribution in [-0.2, 0) is 23.1 Å². The summed E-state index contributed by atoms with van der Waals surface area (Å²) in [6.45, 7) is 8.65. The number of methoxy groups -OCH3 is 1. The number of ether oxygens (including phenoxy) is 2. The number of amides is 1. The topological polar surface area (TPSA) is 81.1 Å². The maximum absolute atomic E-state index is 13.2. The van der Waals surface area contributed by atoms with Crippen molar-refractivity contribution in [3.05, 3.63) is 63.1 Å². The van der Waals surface area contributed by atoms with Gasteiger partial charge in [-0.05, 0) is 43.6 Å². The lowest BCUT2D eigenvalue weighted by molar-refractivity contribution is 0.0593. The molecular formula is C27H37N3O5. The fourth-order valence-electron chi connectivity index (χ4n) is 4.25. The highest BCUT2D eigenvalue weighted by atomic mass is 16.5. The van der Waals surface area contributed by atoms with Crippen molar-refractivity contribution in [1.29, 1.82) is 0 Å². The summed E-state index contributed by atoms with van der Waals surface area (Å²) in [6.07, 6.45) is 1.10. The first kappa shape index (κ1) is 26.5. The van der Waals surface area contributed by atoms with Gasteiger partial charge in [0, 0.05) is 49.9 Å². The quantitative estimate of drug-likeness (QED) is 0.445. The molecule has 2 heterocycles. The van der Waals surface area contributed by atoms with Gasteiger partial charge in [0.15, 0.2) is 0 Å². The van der Waals surface area contributed by atoms with Crippen molar-refractivity contribution in [2.75, 3.05) is 47.4 Å². The molecule has 190 valence electrons. The normalized spacial score (nSPS) is 13.9. The van der Waals surface area contributed by atoms with E-state index < -0.39 is 5.97 Å². The summed E-state index contributed by atoms with van der Waals surface area (Å²) in [5.41, 5.74) is 2.33. The van der Waals surface area contributed by atoms with Crippen molar-refractivity contribution in [1.82, 2.24) is 14.4 Å². The monoisotopic (exact) mass is 483 g/mol. The molecule has 8 heteroatoms. The van der Waals surface area contributed by atoms with Gasteiger partial charge in [0.05, 0.1) is 13.7 Å². The first-order valence-corrected chi connectivity index (χ1v) is 12.0. The zero-order valence-electron chi connectivity index (χ0n) is 21.7. The third-order valence-electron chi connectivity index (χ3n) is 6.28. The molecule has 0 spiro atoms. The molecule has 35 heavy (non-hydrogen) atoms. The number of carbonyl (C=O) groups is 2. The Labute approximate surface area is 207 Å². The summed E-state index contributed by atoms with van der Waals surface area (Å²) in [4.78, 5) is 42.7. The van der Waals surface area contributed by atoms with Gasteiger partial charge < -0.3 is 23.8 Å². The number of fused-ring (bicyclic) bond motifs is 1. The molecule has 1 aromatic carbocycles. The number of esters is 1. The molecule has 0 unspecified atom stereocenters. The molecule has 0 aliphatic carbocycles. The maximum Gasteiger partial charge on any atom is 0.343 e. The standard InChI is InChI=1S/C27H37N3O5/c1-27(2,3)20-10-8-19(9-11-20)25(32)29-14-12-21-24(26(33)34-6)22(35-17-7-13-28(4)5)18-23(31)30(21)16-15-29/h8-11,18H,7,12-17H2,1-6H3. The molecule has 8 nitrogen and oxygen atoms in total. The largest absolute Gasteiger partial charge is 0.492 e. The Bertz CT molecular complexity index is 1110. The van der Waals surface area contributed by atoms with E-state index >= 15 is 0 Å². The first-order valence-electron chi connectivity index (χ1n) is 12.0. The molecule has 2 aromatic rings. The second-order valence-electron chi connectivity index (χ2n) is 10.2. The minimum atomic E-state index is -0.547. The van der Waals surface area contributed by atoms with E-state index in [1.54, 1.807) is 9.47 Å². The lowest BCUT2D eigenvalue weighted by Gasteiger charge is -2.22. The van der Waals surface area contributed by atoms with Crippen LogP contribution in [0, 0.1) is 0 Å². The van der Waals surface area contributed by atoms with Crippen molar-refractivity contribution in [3.8, 4) is 5.75 Å². The summed E-state index contributed by atoms with van der Waals surface area (Å²) in [7, 11) is 5.26. The van der Waals surface area contributed by atoms with Crippen LogP contribution in [-0.4, -0.2) is 73.7 Å². The number of benzene rings is 1. The predicted octanol–water partition coefficient (Wildman–Crippen LogP) is 2.96. The van der Waals surface area contributed by atoms with Crippen LogP contribution in [0.15, 0.2) is 35.1 Å². The van der Waals surface area contributed by atoms with Crippen molar-refractivity contribution in [3.63, 3.8) is 0 Å². The second kappa shape index (κ2) is 11.1. The van der Waals surface area contributed by atoms with Crippen LogP contribution in [0.2, 0.25) is 0 Å². The van der Waals surface area contributed by atoms with E-state index in [-0.39, 0.29) is 28.2 Å². The van der Waals surface area contributed by atoms with E-state index in [0.29, 0.717) is 43.9 Å². The molecule has 0 fully saturated rings. The van der Waals surface area contributed by atoms with E-state index in [9.17, 15) is 14.4 Å². The molecule has 0 saturated carbocycles. The Morgan fingerprint density at radius 1 is 1.06 bits per heavy atom. The molecule has 1 aliphatic rings. The number of rotatable bonds is 7. The van der Waals surface area contributed by atoms with E-state index in [4.69, 9.17) is 9.47 Å². The average Bonchev–Trinajstić information content (AvgIpc) is 3.04. The van der Waals surface area contributed by atoms with E-state index in [1.807, 2.05) is 43.3 Å². The number of pyridine rings is 1. The van der Waals surface area contributed by atoms with E-state index in [0.717, 1.165) is 18.5 Å². The van der Waals surface area contributed by atoms with Gasteiger partial charge in [-0.3, -0.25) is 9.59 Å². The van der Waals surface area contributed by atoms with Crippen molar-refractivity contribution in [2.45, 2.75) is 45.6 Å². The highest BCUT2D eigenvalue weighted by Gasteiger charge is 2.28. The molecule has 0 radical (unpaired) electrons. The highest BCUT2D eigenvalue weighted by molar-refractivity contribution is 5.95. The van der Waals surface area contributed by atoms with Gasteiger partial charge in [0.1, 0.15) is 11.3 Å². The number of aromatic nitrogens is 1. The first-order chi connectivity index (χ1) is 16.5. The van der Waals surface area contributed by atoms with Crippen LogP contribution in [0.5, 0.6) is 5.75 Å². The number of carbonyl (C=O) groups excluding carboxylic acids is 2. The molecule has 1 amide bonds. The van der Waals surface area contributed by atoms with Crippen LogP contribution >= 0.6 is 0 Å². The Hall–Kier alpha value is -3.13. The Morgan fingerprint density at radius 3 is 2.34 bits per heavy atom. The lowest BCUT2D eigenvalue weighted by atomic mass is 9.86. The summed E-state index contributed by atoms with van der Waals surface area (Å²) >= 11 is 0. The average molecular weight is 484 g/mol. The zero-order chi connectivity index (χ0) is 25.8. The van der Waals surface area contributed by atoms with Gasteiger partial charge in [0.2, 0.25) is 0 Å². The molecule has 3 rings (SSSR count). The van der Waals surface area contributed by atoms with E-state index in [2.05, 4.69) is 20.8 Å². The van der Waals surface area contributed by atoms with Crippen LogP contribution in [0.4, 0.5) is 0 Å². The molecule has 0 saturated heterocycles. The van der Waals surface area contributed by atoms with Gasteiger partial charge in [-0.15, -0.1) is 0 Å².